The predicted octanol–water partition coefficient (Wildman–Crippen LogP) is 2.82. The first-order valence-electron chi connectivity index (χ1n) is 6.50. The molecule has 21 heavy (non-hydrogen) atoms. The van der Waals surface area contributed by atoms with E-state index in [1.807, 2.05) is 6.07 Å². The molecule has 0 heterocycles. The van der Waals surface area contributed by atoms with Crippen molar-refractivity contribution in [3.05, 3.63) is 66.2 Å². The van der Waals surface area contributed by atoms with Crippen molar-refractivity contribution in [1.82, 2.24) is 0 Å². The Kier molecular flexibility index (Phi) is 5.12. The molecule has 0 aliphatic carbocycles. The number of hydrogen-bond acceptors (Lipinski definition) is 4. The van der Waals surface area contributed by atoms with E-state index in [1.54, 1.807) is 54.6 Å². The molecule has 0 saturated heterocycles. The van der Waals surface area contributed by atoms with Gasteiger partial charge in [-0.1, -0.05) is 48.5 Å². The van der Waals surface area contributed by atoms with Crippen LogP contribution in [0.4, 0.5) is 0 Å². The molecule has 112 valence electrons. The molecule has 1 atom stereocenters. The minimum atomic E-state index is -3.63. The van der Waals surface area contributed by atoms with Crippen LogP contribution in [0.25, 0.3) is 0 Å². The Labute approximate surface area is 125 Å². The van der Waals surface area contributed by atoms with Crippen molar-refractivity contribution < 1.29 is 17.9 Å². The Bertz CT molecular complexity index is 649. The topological polar surface area (TPSA) is 52.6 Å². The Hall–Kier alpha value is -1.69. The summed E-state index contributed by atoms with van der Waals surface area (Å²) in [6, 6.07) is 17.3. The molecule has 0 aliphatic heterocycles. The SMILES string of the molecule is COC(OC)C(c1ccccc1)S(=O)(=O)c1ccccc1. The molecule has 2 aromatic rings. The van der Waals surface area contributed by atoms with Crippen molar-refractivity contribution >= 4 is 9.84 Å². The van der Waals surface area contributed by atoms with Gasteiger partial charge >= 0.3 is 0 Å². The van der Waals surface area contributed by atoms with Crippen LogP contribution < -0.4 is 0 Å². The zero-order chi connectivity index (χ0) is 15.3. The van der Waals surface area contributed by atoms with Gasteiger partial charge in [0.15, 0.2) is 16.1 Å². The van der Waals surface area contributed by atoms with Gasteiger partial charge in [-0.2, -0.15) is 0 Å². The van der Waals surface area contributed by atoms with Gasteiger partial charge in [-0.15, -0.1) is 0 Å². The van der Waals surface area contributed by atoms with E-state index in [4.69, 9.17) is 9.47 Å². The van der Waals surface area contributed by atoms with Crippen molar-refractivity contribution in [2.75, 3.05) is 14.2 Å². The number of hydrogen-bond donors (Lipinski definition) is 0. The van der Waals surface area contributed by atoms with Gasteiger partial charge in [0.25, 0.3) is 0 Å². The smallest absolute Gasteiger partial charge is 0.190 e. The van der Waals surface area contributed by atoms with Crippen LogP contribution in [0.2, 0.25) is 0 Å². The molecule has 0 aliphatic rings. The van der Waals surface area contributed by atoms with E-state index in [9.17, 15) is 8.42 Å². The molecule has 1 unspecified atom stereocenters. The van der Waals surface area contributed by atoms with Crippen LogP contribution in [0.5, 0.6) is 0 Å². The summed E-state index contributed by atoms with van der Waals surface area (Å²) in [5.41, 5.74) is 0.634. The third-order valence-electron chi connectivity index (χ3n) is 3.25. The lowest BCUT2D eigenvalue weighted by atomic mass is 10.1. The van der Waals surface area contributed by atoms with Crippen LogP contribution in [0.3, 0.4) is 0 Å². The molecule has 0 aromatic heterocycles. The Balaban J connectivity index is 2.55. The quantitative estimate of drug-likeness (QED) is 0.770. The van der Waals surface area contributed by atoms with Gasteiger partial charge in [-0.05, 0) is 17.7 Å². The lowest BCUT2D eigenvalue weighted by Gasteiger charge is -2.25. The largest absolute Gasteiger partial charge is 0.354 e. The maximum Gasteiger partial charge on any atom is 0.190 e. The van der Waals surface area contributed by atoms with Gasteiger partial charge in [-0.25, -0.2) is 8.42 Å². The average molecular weight is 306 g/mol. The first-order chi connectivity index (χ1) is 10.1. The highest BCUT2D eigenvalue weighted by Crippen LogP contribution is 2.33. The molecule has 4 nitrogen and oxygen atoms in total. The molecule has 0 amide bonds. The standard InChI is InChI=1S/C16H18O4S/c1-19-16(20-2)15(13-9-5-3-6-10-13)21(17,18)14-11-7-4-8-12-14/h3-12,15-16H,1-2H3. The second kappa shape index (κ2) is 6.85. The summed E-state index contributed by atoms with van der Waals surface area (Å²) in [7, 11) is -0.757. The maximum absolute atomic E-state index is 12.9. The maximum atomic E-state index is 12.9. The monoisotopic (exact) mass is 306 g/mol. The van der Waals surface area contributed by atoms with Gasteiger partial charge in [0.2, 0.25) is 0 Å². The van der Waals surface area contributed by atoms with E-state index in [2.05, 4.69) is 0 Å². The number of ether oxygens (including phenoxy) is 2. The van der Waals surface area contributed by atoms with Crippen molar-refractivity contribution in [3.63, 3.8) is 0 Å². The fraction of sp³-hybridized carbons (Fsp3) is 0.250. The fourth-order valence-corrected chi connectivity index (χ4v) is 4.09. The molecule has 2 rings (SSSR count). The van der Waals surface area contributed by atoms with Gasteiger partial charge in [0.1, 0.15) is 5.25 Å². The van der Waals surface area contributed by atoms with Crippen LogP contribution in [0, 0.1) is 0 Å². The number of sulfone groups is 1. The summed E-state index contributed by atoms with van der Waals surface area (Å²) in [6.07, 6.45) is -0.877. The van der Waals surface area contributed by atoms with Crippen molar-refractivity contribution in [2.45, 2.75) is 16.4 Å². The van der Waals surface area contributed by atoms with E-state index >= 15 is 0 Å². The molecule has 0 radical (unpaired) electrons. The highest BCUT2D eigenvalue weighted by atomic mass is 32.2. The van der Waals surface area contributed by atoms with Crippen molar-refractivity contribution in [3.8, 4) is 0 Å². The molecule has 0 N–H and O–H groups in total. The minimum Gasteiger partial charge on any atom is -0.354 e. The van der Waals surface area contributed by atoms with Crippen molar-refractivity contribution in [1.29, 1.82) is 0 Å². The normalized spacial score (nSPS) is 13.3. The molecule has 0 spiro atoms. The van der Waals surface area contributed by atoms with E-state index in [-0.39, 0.29) is 4.90 Å². The number of rotatable bonds is 6. The van der Waals surface area contributed by atoms with Gasteiger partial charge in [-0.3, -0.25) is 0 Å². The summed E-state index contributed by atoms with van der Waals surface area (Å²) in [4.78, 5) is 0.248. The Morgan fingerprint density at radius 1 is 0.810 bits per heavy atom. The number of benzene rings is 2. The number of methoxy groups -OCH3 is 2. The summed E-state index contributed by atoms with van der Waals surface area (Å²) < 4.78 is 36.3. The molecule has 5 heteroatoms. The van der Waals surface area contributed by atoms with Gasteiger partial charge < -0.3 is 9.47 Å². The second-order valence-corrected chi connectivity index (χ2v) is 6.60. The average Bonchev–Trinajstić information content (AvgIpc) is 2.54. The van der Waals surface area contributed by atoms with E-state index < -0.39 is 21.4 Å². The van der Waals surface area contributed by atoms with Crippen LogP contribution in [0.1, 0.15) is 10.8 Å². The highest BCUT2D eigenvalue weighted by Gasteiger charge is 2.36. The van der Waals surface area contributed by atoms with Gasteiger partial charge in [0.05, 0.1) is 4.90 Å². The second-order valence-electron chi connectivity index (χ2n) is 4.53. The van der Waals surface area contributed by atoms with E-state index in [0.717, 1.165) is 0 Å². The van der Waals surface area contributed by atoms with Crippen molar-refractivity contribution in [2.24, 2.45) is 0 Å². The summed E-state index contributed by atoms with van der Waals surface area (Å²) >= 11 is 0. The van der Waals surface area contributed by atoms with Crippen LogP contribution in [-0.4, -0.2) is 28.9 Å². The van der Waals surface area contributed by atoms with Crippen LogP contribution in [-0.2, 0) is 19.3 Å². The fourth-order valence-electron chi connectivity index (χ4n) is 2.23. The van der Waals surface area contributed by atoms with E-state index in [0.29, 0.717) is 5.56 Å². The molecule has 0 fully saturated rings. The lowest BCUT2D eigenvalue weighted by molar-refractivity contribution is -0.104. The van der Waals surface area contributed by atoms with E-state index in [1.165, 1.54) is 14.2 Å². The van der Waals surface area contributed by atoms with Crippen LogP contribution >= 0.6 is 0 Å². The lowest BCUT2D eigenvalue weighted by Crippen LogP contribution is -2.29. The predicted molar refractivity (Wildman–Crippen MR) is 80.6 cm³/mol. The zero-order valence-corrected chi connectivity index (χ0v) is 12.8. The molecular formula is C16H18O4S. The summed E-state index contributed by atoms with van der Waals surface area (Å²) in [5, 5.41) is -0.920. The third kappa shape index (κ3) is 3.32. The first-order valence-corrected chi connectivity index (χ1v) is 8.05. The first kappa shape index (κ1) is 15.7. The molecule has 2 aromatic carbocycles. The zero-order valence-electron chi connectivity index (χ0n) is 12.0. The van der Waals surface area contributed by atoms with Crippen LogP contribution in [0.15, 0.2) is 65.6 Å². The Morgan fingerprint density at radius 2 is 1.29 bits per heavy atom. The molecule has 0 bridgehead atoms. The Morgan fingerprint density at radius 3 is 1.76 bits per heavy atom. The van der Waals surface area contributed by atoms with Gasteiger partial charge in [0, 0.05) is 14.2 Å². The molecule has 0 saturated carbocycles. The summed E-state index contributed by atoms with van der Waals surface area (Å²) in [6.45, 7) is 0. The summed E-state index contributed by atoms with van der Waals surface area (Å²) in [5.74, 6) is 0. The third-order valence-corrected chi connectivity index (χ3v) is 5.34. The minimum absolute atomic E-state index is 0.248. The highest BCUT2D eigenvalue weighted by molar-refractivity contribution is 7.91. The molecular weight excluding hydrogens is 288 g/mol.